The minimum atomic E-state index is -0.991. The number of carbonyl (C=O) groups is 2. The molecule has 0 aromatic heterocycles. The first kappa shape index (κ1) is 17.6. The molecule has 0 saturated carbocycles. The van der Waals surface area contributed by atoms with Crippen molar-refractivity contribution in [2.24, 2.45) is 0 Å². The summed E-state index contributed by atoms with van der Waals surface area (Å²) in [5.41, 5.74) is 0.545. The van der Waals surface area contributed by atoms with Crippen LogP contribution >= 0.6 is 0 Å². The van der Waals surface area contributed by atoms with Gasteiger partial charge in [0.1, 0.15) is 12.4 Å². The topological polar surface area (TPSA) is 83.1 Å². The van der Waals surface area contributed by atoms with Gasteiger partial charge in [-0.2, -0.15) is 0 Å². The number of hydrogen-bond donors (Lipinski definition) is 1. The maximum atomic E-state index is 12.2. The van der Waals surface area contributed by atoms with Crippen molar-refractivity contribution in [3.05, 3.63) is 48.5 Å². The van der Waals surface area contributed by atoms with Crippen molar-refractivity contribution in [3.8, 4) is 17.2 Å². The highest BCUT2D eigenvalue weighted by atomic mass is 16.6. The van der Waals surface area contributed by atoms with Gasteiger partial charge in [-0.3, -0.25) is 4.79 Å². The third-order valence-electron chi connectivity index (χ3n) is 3.77. The molecule has 136 valence electrons. The number of esters is 1. The summed E-state index contributed by atoms with van der Waals surface area (Å²) in [4.78, 5) is 24.5. The Morgan fingerprint density at radius 2 is 1.92 bits per heavy atom. The molecule has 0 bridgehead atoms. The third-order valence-corrected chi connectivity index (χ3v) is 3.77. The van der Waals surface area contributed by atoms with Crippen molar-refractivity contribution < 1.29 is 28.5 Å². The minimum Gasteiger partial charge on any atom is -0.497 e. The van der Waals surface area contributed by atoms with Crippen molar-refractivity contribution in [1.29, 1.82) is 0 Å². The van der Waals surface area contributed by atoms with E-state index in [1.165, 1.54) is 14.0 Å². The van der Waals surface area contributed by atoms with E-state index in [1.54, 1.807) is 42.5 Å². The van der Waals surface area contributed by atoms with E-state index in [0.29, 0.717) is 22.9 Å². The summed E-state index contributed by atoms with van der Waals surface area (Å²) < 4.78 is 21.4. The van der Waals surface area contributed by atoms with E-state index >= 15 is 0 Å². The number of anilines is 1. The van der Waals surface area contributed by atoms with E-state index in [9.17, 15) is 9.59 Å². The molecule has 3 rings (SSSR count). The summed E-state index contributed by atoms with van der Waals surface area (Å²) >= 11 is 0. The summed E-state index contributed by atoms with van der Waals surface area (Å²) in [5.74, 6) is 0.532. The Kier molecular flexibility index (Phi) is 5.26. The molecule has 7 heteroatoms. The van der Waals surface area contributed by atoms with Crippen molar-refractivity contribution >= 4 is 17.6 Å². The van der Waals surface area contributed by atoms with Crippen LogP contribution in [0.5, 0.6) is 17.2 Å². The van der Waals surface area contributed by atoms with Crippen molar-refractivity contribution in [1.82, 2.24) is 0 Å². The molecular formula is C19H19NO6. The fraction of sp³-hybridized carbons (Fsp3) is 0.263. The van der Waals surface area contributed by atoms with Crippen molar-refractivity contribution in [2.75, 3.05) is 19.0 Å². The molecule has 1 N–H and O–H groups in total. The number of carbonyl (C=O) groups excluding carboxylic acids is 2. The van der Waals surface area contributed by atoms with Crippen LogP contribution in [0.2, 0.25) is 0 Å². The number of benzene rings is 2. The van der Waals surface area contributed by atoms with Gasteiger partial charge in [-0.15, -0.1) is 0 Å². The van der Waals surface area contributed by atoms with Gasteiger partial charge in [0, 0.05) is 11.8 Å². The normalized spacial score (nSPS) is 16.3. The van der Waals surface area contributed by atoms with Crippen LogP contribution in [-0.4, -0.2) is 37.8 Å². The first-order chi connectivity index (χ1) is 12.6. The van der Waals surface area contributed by atoms with Crippen molar-refractivity contribution in [3.63, 3.8) is 0 Å². The second kappa shape index (κ2) is 7.77. The molecule has 0 radical (unpaired) electrons. The number of ether oxygens (including phenoxy) is 4. The Labute approximate surface area is 150 Å². The summed E-state index contributed by atoms with van der Waals surface area (Å²) in [5, 5.41) is 2.67. The van der Waals surface area contributed by atoms with Crippen LogP contribution < -0.4 is 19.5 Å². The highest BCUT2D eigenvalue weighted by Crippen LogP contribution is 2.31. The van der Waals surface area contributed by atoms with Gasteiger partial charge in [0.2, 0.25) is 6.10 Å². The Bertz CT molecular complexity index is 806. The quantitative estimate of drug-likeness (QED) is 0.828. The average molecular weight is 357 g/mol. The van der Waals surface area contributed by atoms with Crippen molar-refractivity contribution in [2.45, 2.75) is 19.1 Å². The molecule has 7 nitrogen and oxygen atoms in total. The summed E-state index contributed by atoms with van der Waals surface area (Å²) in [6.45, 7) is 1.52. The minimum absolute atomic E-state index is 0.0278. The molecule has 0 aliphatic carbocycles. The van der Waals surface area contributed by atoms with E-state index in [0.717, 1.165) is 0 Å². The number of rotatable bonds is 5. The van der Waals surface area contributed by atoms with Gasteiger partial charge < -0.3 is 24.3 Å². The van der Waals surface area contributed by atoms with Crippen LogP contribution in [0.4, 0.5) is 5.69 Å². The highest BCUT2D eigenvalue weighted by molar-refractivity contribution is 5.95. The maximum Gasteiger partial charge on any atom is 0.351 e. The second-order valence-electron chi connectivity index (χ2n) is 5.66. The van der Waals surface area contributed by atoms with E-state index in [1.807, 2.05) is 6.07 Å². The van der Waals surface area contributed by atoms with E-state index in [4.69, 9.17) is 18.9 Å². The lowest BCUT2D eigenvalue weighted by Crippen LogP contribution is -2.41. The molecule has 0 fully saturated rings. The predicted octanol–water partition coefficient (Wildman–Crippen LogP) is 2.41. The number of fused-ring (bicyclic) bond motifs is 1. The molecular weight excluding hydrogens is 338 g/mol. The summed E-state index contributed by atoms with van der Waals surface area (Å²) in [6.07, 6.45) is -1.91. The Hall–Kier alpha value is -3.22. The van der Waals surface area contributed by atoms with Crippen LogP contribution in [0.3, 0.4) is 0 Å². The first-order valence-electron chi connectivity index (χ1n) is 8.10. The summed E-state index contributed by atoms with van der Waals surface area (Å²) in [6, 6.07) is 13.9. The number of methoxy groups -OCH3 is 1. The smallest absolute Gasteiger partial charge is 0.351 e. The lowest BCUT2D eigenvalue weighted by Gasteiger charge is -2.25. The molecule has 1 heterocycles. The molecule has 0 spiro atoms. The largest absolute Gasteiger partial charge is 0.497 e. The number of para-hydroxylation sites is 2. The molecule has 0 unspecified atom stereocenters. The van der Waals surface area contributed by atoms with Crippen LogP contribution in [0.15, 0.2) is 48.5 Å². The average Bonchev–Trinajstić information content (AvgIpc) is 2.67. The lowest BCUT2D eigenvalue weighted by atomic mass is 10.2. The lowest BCUT2D eigenvalue weighted by molar-refractivity contribution is -0.162. The monoisotopic (exact) mass is 357 g/mol. The second-order valence-corrected chi connectivity index (χ2v) is 5.66. The van der Waals surface area contributed by atoms with Gasteiger partial charge in [0.05, 0.1) is 7.11 Å². The SMILES string of the molecule is COc1cccc(NC(=O)[C@H](C)OC(=O)[C@@H]2COc3ccccc3O2)c1. The van der Waals surface area contributed by atoms with E-state index in [2.05, 4.69) is 5.32 Å². The molecule has 26 heavy (non-hydrogen) atoms. The van der Waals surface area contributed by atoms with Crippen LogP contribution in [0.1, 0.15) is 6.92 Å². The van der Waals surface area contributed by atoms with Gasteiger partial charge in [-0.25, -0.2) is 4.79 Å². The third kappa shape index (κ3) is 4.05. The number of amides is 1. The standard InChI is InChI=1S/C19H19NO6/c1-12(18(21)20-13-6-5-7-14(10-13)23-2)25-19(22)17-11-24-15-8-3-4-9-16(15)26-17/h3-10,12,17H,11H2,1-2H3,(H,20,21)/t12-,17-/m0/s1. The molecule has 0 saturated heterocycles. The highest BCUT2D eigenvalue weighted by Gasteiger charge is 2.31. The molecule has 2 aromatic rings. The Morgan fingerprint density at radius 1 is 1.15 bits per heavy atom. The number of nitrogens with one attached hydrogen (secondary N) is 1. The Balaban J connectivity index is 1.56. The molecule has 2 atom stereocenters. The van der Waals surface area contributed by atoms with E-state index < -0.39 is 24.1 Å². The molecule has 1 aliphatic heterocycles. The zero-order valence-electron chi connectivity index (χ0n) is 14.4. The molecule has 2 aromatic carbocycles. The van der Waals surface area contributed by atoms with Crippen LogP contribution in [-0.2, 0) is 14.3 Å². The van der Waals surface area contributed by atoms with Gasteiger partial charge in [0.25, 0.3) is 5.91 Å². The van der Waals surface area contributed by atoms with Gasteiger partial charge >= 0.3 is 5.97 Å². The van der Waals surface area contributed by atoms with Gasteiger partial charge in [0.15, 0.2) is 17.6 Å². The zero-order chi connectivity index (χ0) is 18.5. The predicted molar refractivity (Wildman–Crippen MR) is 93.5 cm³/mol. The van der Waals surface area contributed by atoms with E-state index in [-0.39, 0.29) is 6.61 Å². The fourth-order valence-corrected chi connectivity index (χ4v) is 2.38. The van der Waals surface area contributed by atoms with Gasteiger partial charge in [-0.1, -0.05) is 18.2 Å². The van der Waals surface area contributed by atoms with Gasteiger partial charge in [-0.05, 0) is 31.2 Å². The molecule has 1 aliphatic rings. The van der Waals surface area contributed by atoms with Crippen LogP contribution in [0.25, 0.3) is 0 Å². The van der Waals surface area contributed by atoms with Crippen LogP contribution in [0, 0.1) is 0 Å². The Morgan fingerprint density at radius 3 is 2.69 bits per heavy atom. The fourth-order valence-electron chi connectivity index (χ4n) is 2.38. The maximum absolute atomic E-state index is 12.2. The first-order valence-corrected chi connectivity index (χ1v) is 8.10. The zero-order valence-corrected chi connectivity index (χ0v) is 14.4. The summed E-state index contributed by atoms with van der Waals surface area (Å²) in [7, 11) is 1.54. The molecule has 1 amide bonds. The number of hydrogen-bond acceptors (Lipinski definition) is 6.